The predicted molar refractivity (Wildman–Crippen MR) is 81.3 cm³/mol. The molecule has 1 aromatic rings. The van der Waals surface area contributed by atoms with Crippen molar-refractivity contribution in [1.29, 1.82) is 0 Å². The van der Waals surface area contributed by atoms with E-state index in [0.717, 1.165) is 25.9 Å². The van der Waals surface area contributed by atoms with Gasteiger partial charge in [0.15, 0.2) is 0 Å². The highest BCUT2D eigenvalue weighted by molar-refractivity contribution is 9.10. The second kappa shape index (κ2) is 6.26. The van der Waals surface area contributed by atoms with Crippen molar-refractivity contribution in [2.75, 3.05) is 32.4 Å². The van der Waals surface area contributed by atoms with Gasteiger partial charge in [0.2, 0.25) is 5.91 Å². The largest absolute Gasteiger partial charge is 0.398 e. The zero-order valence-corrected chi connectivity index (χ0v) is 13.0. The molecule has 0 aromatic heterocycles. The monoisotopic (exact) mass is 339 g/mol. The SMILES string of the molecule is CN(CC(=O)N1CCCC1)C(=O)c1ccc(N)c(Br)c1. The van der Waals surface area contributed by atoms with Gasteiger partial charge in [0, 0.05) is 35.9 Å². The summed E-state index contributed by atoms with van der Waals surface area (Å²) in [6.45, 7) is 1.71. The zero-order valence-electron chi connectivity index (χ0n) is 11.4. The van der Waals surface area contributed by atoms with Gasteiger partial charge < -0.3 is 15.5 Å². The molecule has 0 bridgehead atoms. The van der Waals surface area contributed by atoms with Gasteiger partial charge in [-0.15, -0.1) is 0 Å². The molecule has 6 heteroatoms. The molecule has 5 nitrogen and oxygen atoms in total. The Kier molecular flexibility index (Phi) is 4.65. The lowest BCUT2D eigenvalue weighted by Gasteiger charge is -2.21. The van der Waals surface area contributed by atoms with Crippen LogP contribution in [0.25, 0.3) is 0 Å². The summed E-state index contributed by atoms with van der Waals surface area (Å²) in [5.41, 5.74) is 6.79. The Balaban J connectivity index is 2.00. The molecule has 2 N–H and O–H groups in total. The molecule has 0 saturated carbocycles. The summed E-state index contributed by atoms with van der Waals surface area (Å²) in [5.74, 6) is -0.175. The quantitative estimate of drug-likeness (QED) is 0.852. The maximum absolute atomic E-state index is 12.3. The van der Waals surface area contributed by atoms with Gasteiger partial charge in [0.1, 0.15) is 0 Å². The van der Waals surface area contributed by atoms with Gasteiger partial charge in [0.25, 0.3) is 5.91 Å². The first-order chi connectivity index (χ1) is 9.49. The molecule has 108 valence electrons. The number of nitrogens with two attached hydrogens (primary N) is 1. The number of nitrogens with zero attached hydrogens (tertiary/aromatic N) is 2. The Morgan fingerprint density at radius 1 is 1.35 bits per heavy atom. The fraction of sp³-hybridized carbons (Fsp3) is 0.429. The minimum absolute atomic E-state index is 0.00728. The van der Waals surface area contributed by atoms with Crippen LogP contribution < -0.4 is 5.73 Å². The van der Waals surface area contributed by atoms with Gasteiger partial charge >= 0.3 is 0 Å². The number of hydrogen-bond acceptors (Lipinski definition) is 3. The number of benzene rings is 1. The van der Waals surface area contributed by atoms with Crippen LogP contribution in [0.3, 0.4) is 0 Å². The molecule has 20 heavy (non-hydrogen) atoms. The van der Waals surface area contributed by atoms with Gasteiger partial charge in [-0.3, -0.25) is 9.59 Å². The highest BCUT2D eigenvalue weighted by Crippen LogP contribution is 2.21. The molecule has 1 aromatic carbocycles. The minimum Gasteiger partial charge on any atom is -0.398 e. The fourth-order valence-electron chi connectivity index (χ4n) is 2.22. The summed E-state index contributed by atoms with van der Waals surface area (Å²) < 4.78 is 0.683. The van der Waals surface area contributed by atoms with E-state index in [4.69, 9.17) is 5.73 Å². The van der Waals surface area contributed by atoms with Crippen molar-refractivity contribution < 1.29 is 9.59 Å². The van der Waals surface area contributed by atoms with Crippen LogP contribution >= 0.6 is 15.9 Å². The fourth-order valence-corrected chi connectivity index (χ4v) is 2.60. The number of amides is 2. The standard InChI is InChI=1S/C14H18BrN3O2/c1-17(9-13(19)18-6-2-3-7-18)14(20)10-4-5-12(16)11(15)8-10/h4-5,8H,2-3,6-7,9,16H2,1H3. The van der Waals surface area contributed by atoms with E-state index in [2.05, 4.69) is 15.9 Å². The molecule has 2 amide bonds. The third-order valence-electron chi connectivity index (χ3n) is 3.43. The molecule has 0 atom stereocenters. The summed E-state index contributed by atoms with van der Waals surface area (Å²) in [6.07, 6.45) is 2.10. The van der Waals surface area contributed by atoms with Gasteiger partial charge in [0.05, 0.1) is 6.54 Å². The molecule has 0 radical (unpaired) electrons. The van der Waals surface area contributed by atoms with Gasteiger partial charge in [-0.05, 0) is 47.0 Å². The normalized spacial score (nSPS) is 14.4. The van der Waals surface area contributed by atoms with Crippen LogP contribution in [0.1, 0.15) is 23.2 Å². The van der Waals surface area contributed by atoms with Crippen molar-refractivity contribution in [3.05, 3.63) is 28.2 Å². The number of hydrogen-bond donors (Lipinski definition) is 1. The van der Waals surface area contributed by atoms with Crippen LogP contribution in [0.2, 0.25) is 0 Å². The smallest absolute Gasteiger partial charge is 0.254 e. The Hall–Kier alpha value is -1.56. The highest BCUT2D eigenvalue weighted by Gasteiger charge is 2.21. The minimum atomic E-state index is -0.182. The van der Waals surface area contributed by atoms with Crippen molar-refractivity contribution in [3.63, 3.8) is 0 Å². The van der Waals surface area contributed by atoms with Gasteiger partial charge in [-0.2, -0.15) is 0 Å². The lowest BCUT2D eigenvalue weighted by molar-refractivity contribution is -0.130. The third kappa shape index (κ3) is 3.30. The van der Waals surface area contributed by atoms with Crippen LogP contribution in [0.5, 0.6) is 0 Å². The lowest BCUT2D eigenvalue weighted by atomic mass is 10.2. The van der Waals surface area contributed by atoms with Crippen molar-refractivity contribution in [2.45, 2.75) is 12.8 Å². The maximum Gasteiger partial charge on any atom is 0.254 e. The number of halogens is 1. The highest BCUT2D eigenvalue weighted by atomic mass is 79.9. The number of rotatable bonds is 3. The average molecular weight is 340 g/mol. The number of nitrogen functional groups attached to an aromatic ring is 1. The number of carbonyl (C=O) groups excluding carboxylic acids is 2. The molecule has 1 heterocycles. The van der Waals surface area contributed by atoms with Crippen molar-refractivity contribution in [1.82, 2.24) is 9.80 Å². The first kappa shape index (κ1) is 14.8. The Labute approximate surface area is 126 Å². The van der Waals surface area contributed by atoms with Crippen LogP contribution in [0, 0.1) is 0 Å². The molecule has 1 aliphatic rings. The van der Waals surface area contributed by atoms with E-state index < -0.39 is 0 Å². The number of anilines is 1. The molecule has 0 spiro atoms. The van der Waals surface area contributed by atoms with Crippen molar-refractivity contribution in [3.8, 4) is 0 Å². The molecular formula is C14H18BrN3O2. The van der Waals surface area contributed by atoms with E-state index in [1.54, 1.807) is 25.2 Å². The number of carbonyl (C=O) groups is 2. The second-order valence-corrected chi connectivity index (χ2v) is 5.84. The summed E-state index contributed by atoms with van der Waals surface area (Å²) in [4.78, 5) is 27.5. The van der Waals surface area contributed by atoms with E-state index in [9.17, 15) is 9.59 Å². The van der Waals surface area contributed by atoms with Crippen molar-refractivity contribution >= 4 is 33.4 Å². The first-order valence-electron chi connectivity index (χ1n) is 6.57. The van der Waals surface area contributed by atoms with E-state index in [0.29, 0.717) is 15.7 Å². The second-order valence-electron chi connectivity index (χ2n) is 4.99. The van der Waals surface area contributed by atoms with E-state index >= 15 is 0 Å². The Bertz CT molecular complexity index is 527. The summed E-state index contributed by atoms with van der Waals surface area (Å²) in [7, 11) is 1.64. The maximum atomic E-state index is 12.3. The number of likely N-dealkylation sites (N-methyl/N-ethyl adjacent to an activating group) is 1. The van der Waals surface area contributed by atoms with Crippen molar-refractivity contribution in [2.24, 2.45) is 0 Å². The van der Waals surface area contributed by atoms with E-state index in [-0.39, 0.29) is 18.4 Å². The van der Waals surface area contributed by atoms with E-state index in [1.165, 1.54) is 4.90 Å². The Morgan fingerprint density at radius 3 is 2.60 bits per heavy atom. The molecule has 0 aliphatic carbocycles. The molecule has 1 fully saturated rings. The zero-order chi connectivity index (χ0) is 14.7. The van der Waals surface area contributed by atoms with E-state index in [1.807, 2.05) is 4.90 Å². The number of likely N-dealkylation sites (tertiary alicyclic amines) is 1. The molecule has 1 saturated heterocycles. The topological polar surface area (TPSA) is 66.6 Å². The van der Waals surface area contributed by atoms with Gasteiger partial charge in [-0.1, -0.05) is 0 Å². The molecule has 1 aliphatic heterocycles. The van der Waals surface area contributed by atoms with Crippen LogP contribution in [0.4, 0.5) is 5.69 Å². The molecular weight excluding hydrogens is 322 g/mol. The summed E-state index contributed by atoms with van der Waals surface area (Å²) in [6, 6.07) is 5.02. The summed E-state index contributed by atoms with van der Waals surface area (Å²) in [5, 5.41) is 0. The molecule has 0 unspecified atom stereocenters. The lowest BCUT2D eigenvalue weighted by Crippen LogP contribution is -2.39. The van der Waals surface area contributed by atoms with Gasteiger partial charge in [-0.25, -0.2) is 0 Å². The average Bonchev–Trinajstić information content (AvgIpc) is 2.95. The van der Waals surface area contributed by atoms with Crippen LogP contribution in [-0.2, 0) is 4.79 Å². The Morgan fingerprint density at radius 2 is 2.00 bits per heavy atom. The summed E-state index contributed by atoms with van der Waals surface area (Å²) >= 11 is 3.30. The molecule has 2 rings (SSSR count). The van der Waals surface area contributed by atoms with Crippen LogP contribution in [0.15, 0.2) is 22.7 Å². The van der Waals surface area contributed by atoms with Crippen LogP contribution in [-0.4, -0.2) is 48.3 Å². The third-order valence-corrected chi connectivity index (χ3v) is 4.11. The predicted octanol–water partition coefficient (Wildman–Crippen LogP) is 1.73. The first-order valence-corrected chi connectivity index (χ1v) is 7.36.